The van der Waals surface area contributed by atoms with Crippen LogP contribution in [0.5, 0.6) is 0 Å². The SMILES string of the molecule is O=[N+]([O-])[O-].O=[N+]([O-])[O-].O=[N+]([O-])[O-].[Ca+2].[K+]. The van der Waals surface area contributed by atoms with Crippen molar-refractivity contribution in [2.45, 2.75) is 0 Å². The minimum absolute atomic E-state index is 0. The summed E-state index contributed by atoms with van der Waals surface area (Å²) in [6.07, 6.45) is 0. The molecule has 0 atom stereocenters. The van der Waals surface area contributed by atoms with Crippen molar-refractivity contribution in [2.75, 3.05) is 0 Å². The molecule has 0 N–H and O–H groups in total. The summed E-state index contributed by atoms with van der Waals surface area (Å²) < 4.78 is 0. The van der Waals surface area contributed by atoms with Crippen LogP contribution in [-0.4, -0.2) is 53.0 Å². The number of nitrogens with zero attached hydrogens (tertiary/aromatic N) is 3. The average Bonchev–Trinajstić information content (AvgIpc) is 1.54. The zero-order valence-corrected chi connectivity index (χ0v) is 12.1. The van der Waals surface area contributed by atoms with Crippen LogP contribution in [0, 0.1) is 46.0 Å². The van der Waals surface area contributed by atoms with Crippen LogP contribution in [-0.2, 0) is 0 Å². The summed E-state index contributed by atoms with van der Waals surface area (Å²) in [5.74, 6) is 0. The molecule has 14 heteroatoms. The van der Waals surface area contributed by atoms with Gasteiger partial charge in [0.05, 0.1) is 15.3 Å². The molecule has 0 aliphatic rings. The third-order valence-electron chi connectivity index (χ3n) is 0. The van der Waals surface area contributed by atoms with E-state index in [1.807, 2.05) is 0 Å². The van der Waals surface area contributed by atoms with E-state index in [4.69, 9.17) is 46.0 Å². The van der Waals surface area contributed by atoms with Gasteiger partial charge in [-0.05, 0) is 0 Å². The maximum Gasteiger partial charge on any atom is 2.00 e. The molecule has 0 aromatic carbocycles. The summed E-state index contributed by atoms with van der Waals surface area (Å²) in [5.41, 5.74) is 0. The van der Waals surface area contributed by atoms with Gasteiger partial charge in [0.1, 0.15) is 0 Å². The monoisotopic (exact) mass is 265 g/mol. The molecule has 14 heavy (non-hydrogen) atoms. The average molecular weight is 265 g/mol. The van der Waals surface area contributed by atoms with Crippen LogP contribution in [0.4, 0.5) is 0 Å². The third kappa shape index (κ3) is 6710. The fourth-order valence-corrected chi connectivity index (χ4v) is 0. The van der Waals surface area contributed by atoms with E-state index in [0.29, 0.717) is 0 Å². The minimum atomic E-state index is -1.75. The van der Waals surface area contributed by atoms with Gasteiger partial charge in [0.25, 0.3) is 0 Å². The molecular formula is CaKN3O9. The molecule has 0 saturated heterocycles. The van der Waals surface area contributed by atoms with Crippen LogP contribution in [0.1, 0.15) is 0 Å². The van der Waals surface area contributed by atoms with Crippen LogP contribution in [0.3, 0.4) is 0 Å². The molecule has 12 nitrogen and oxygen atoms in total. The molecule has 0 rings (SSSR count). The zero-order chi connectivity index (χ0) is 10.7. The molecule has 0 saturated carbocycles. The summed E-state index contributed by atoms with van der Waals surface area (Å²) >= 11 is 0. The quantitative estimate of drug-likeness (QED) is 0.237. The Labute approximate surface area is 148 Å². The summed E-state index contributed by atoms with van der Waals surface area (Å²) in [6.45, 7) is 0. The van der Waals surface area contributed by atoms with E-state index in [9.17, 15) is 0 Å². The largest absolute Gasteiger partial charge is 2.00 e. The second kappa shape index (κ2) is 23.4. The van der Waals surface area contributed by atoms with Gasteiger partial charge >= 0.3 is 89.1 Å². The van der Waals surface area contributed by atoms with Crippen molar-refractivity contribution in [2.24, 2.45) is 0 Å². The number of rotatable bonds is 0. The van der Waals surface area contributed by atoms with Gasteiger partial charge in [-0.15, -0.1) is 0 Å². The summed E-state index contributed by atoms with van der Waals surface area (Å²) in [6, 6.07) is 0. The first-order chi connectivity index (χ1) is 5.20. The molecule has 0 spiro atoms. The fraction of sp³-hybridized carbons (Fsp3) is 0. The van der Waals surface area contributed by atoms with Crippen molar-refractivity contribution < 1.29 is 66.6 Å². The van der Waals surface area contributed by atoms with Crippen molar-refractivity contribution in [3.8, 4) is 0 Å². The Morgan fingerprint density at radius 3 is 0.571 bits per heavy atom. The van der Waals surface area contributed by atoms with Crippen molar-refractivity contribution in [1.82, 2.24) is 0 Å². The Balaban J connectivity index is -0.0000000270. The van der Waals surface area contributed by atoms with Crippen LogP contribution in [0.15, 0.2) is 0 Å². The van der Waals surface area contributed by atoms with Gasteiger partial charge in [-0.1, -0.05) is 0 Å². The van der Waals surface area contributed by atoms with Gasteiger partial charge in [0.15, 0.2) is 0 Å². The van der Waals surface area contributed by atoms with Crippen LogP contribution in [0.25, 0.3) is 0 Å². The van der Waals surface area contributed by atoms with E-state index in [-0.39, 0.29) is 89.1 Å². The van der Waals surface area contributed by atoms with Gasteiger partial charge in [-0.2, -0.15) is 0 Å². The van der Waals surface area contributed by atoms with Crippen LogP contribution < -0.4 is 51.4 Å². The molecule has 0 unspecified atom stereocenters. The molecule has 0 radical (unpaired) electrons. The Morgan fingerprint density at radius 1 is 0.571 bits per heavy atom. The Kier molecular flexibility index (Phi) is 48.9. The second-order valence-electron chi connectivity index (χ2n) is 0.671. The second-order valence-corrected chi connectivity index (χ2v) is 0.671. The molecule has 0 aromatic rings. The number of hydrogen-bond acceptors (Lipinski definition) is 9. The molecule has 0 bridgehead atoms. The van der Waals surface area contributed by atoms with Crippen molar-refractivity contribution in [3.63, 3.8) is 0 Å². The standard InChI is InChI=1S/Ca.K.3NO3/c;;3*2-1(3)4/q+2;+1;3*-1. The Hall–Kier alpha value is 0.496. The predicted molar refractivity (Wildman–Crippen MR) is 36.8 cm³/mol. The van der Waals surface area contributed by atoms with E-state index < -0.39 is 15.3 Å². The molecule has 0 fully saturated rings. The topological polar surface area (TPSA) is 199 Å². The van der Waals surface area contributed by atoms with Gasteiger partial charge in [0.2, 0.25) is 0 Å². The van der Waals surface area contributed by atoms with Crippen LogP contribution in [0.2, 0.25) is 0 Å². The van der Waals surface area contributed by atoms with Gasteiger partial charge in [-0.3, -0.25) is 0 Å². The summed E-state index contributed by atoms with van der Waals surface area (Å²) in [4.78, 5) is 24.8. The predicted octanol–water partition coefficient (Wildman–Crippen LogP) is -4.09. The first-order valence-electron chi connectivity index (χ1n) is 1.64. The van der Waals surface area contributed by atoms with Crippen molar-refractivity contribution >= 4 is 37.7 Å². The molecule has 72 valence electrons. The van der Waals surface area contributed by atoms with E-state index in [1.54, 1.807) is 0 Å². The van der Waals surface area contributed by atoms with Gasteiger partial charge in [0, 0.05) is 0 Å². The molecular weight excluding hydrogens is 265 g/mol. The van der Waals surface area contributed by atoms with E-state index in [0.717, 1.165) is 0 Å². The Bertz CT molecular complexity index is 118. The molecule has 0 aromatic heterocycles. The Morgan fingerprint density at radius 2 is 0.571 bits per heavy atom. The smallest absolute Gasteiger partial charge is 0.356 e. The summed E-state index contributed by atoms with van der Waals surface area (Å²) in [5, 5.41) is 44.2. The van der Waals surface area contributed by atoms with Crippen molar-refractivity contribution in [3.05, 3.63) is 46.0 Å². The van der Waals surface area contributed by atoms with E-state index >= 15 is 0 Å². The minimum Gasteiger partial charge on any atom is -0.356 e. The fourth-order valence-electron chi connectivity index (χ4n) is 0. The molecule has 0 aliphatic carbocycles. The van der Waals surface area contributed by atoms with Gasteiger partial charge < -0.3 is 46.0 Å². The first-order valence-corrected chi connectivity index (χ1v) is 1.64. The zero-order valence-electron chi connectivity index (χ0n) is 6.72. The molecule has 0 aliphatic heterocycles. The normalized spacial score (nSPS) is 5.14. The third-order valence-corrected chi connectivity index (χ3v) is 0. The van der Waals surface area contributed by atoms with E-state index in [2.05, 4.69) is 0 Å². The maximum absolute atomic E-state index is 8.25. The summed E-state index contributed by atoms with van der Waals surface area (Å²) in [7, 11) is 0. The van der Waals surface area contributed by atoms with Gasteiger partial charge in [-0.25, -0.2) is 0 Å². The molecule has 0 amide bonds. The first kappa shape index (κ1) is 29.3. The van der Waals surface area contributed by atoms with E-state index in [1.165, 1.54) is 0 Å². The van der Waals surface area contributed by atoms with Crippen molar-refractivity contribution in [1.29, 1.82) is 0 Å². The van der Waals surface area contributed by atoms with Crippen LogP contribution >= 0.6 is 0 Å². The number of hydrogen-bond donors (Lipinski definition) is 0. The molecule has 0 heterocycles. The maximum atomic E-state index is 8.25.